The van der Waals surface area contributed by atoms with E-state index in [-0.39, 0.29) is 11.5 Å². The molecule has 2 N–H and O–H groups in total. The molecule has 7 rings (SSSR count). The predicted molar refractivity (Wildman–Crippen MR) is 99.0 cm³/mol. The number of fused-ring (bicyclic) bond motifs is 1. The molecule has 2 saturated carbocycles. The Balaban J connectivity index is 1.38. The molecular formula is C20H22F3N5O. The minimum Gasteiger partial charge on any atom is -0.383 e. The Morgan fingerprint density at radius 1 is 1.31 bits per heavy atom. The highest BCUT2D eigenvalue weighted by molar-refractivity contribution is 5.63. The average Bonchev–Trinajstić information content (AvgIpc) is 3.17. The lowest BCUT2D eigenvalue weighted by atomic mass is 10.1. The summed E-state index contributed by atoms with van der Waals surface area (Å²) < 4.78 is 47.4. The second kappa shape index (κ2) is 5.31. The van der Waals surface area contributed by atoms with Crippen LogP contribution in [0.2, 0.25) is 0 Å². The number of nitrogens with zero attached hydrogens (tertiary/aromatic N) is 4. The van der Waals surface area contributed by atoms with E-state index in [4.69, 9.17) is 15.5 Å². The summed E-state index contributed by atoms with van der Waals surface area (Å²) >= 11 is 0. The first-order valence-electron chi connectivity index (χ1n) is 10.0. The van der Waals surface area contributed by atoms with Crippen LogP contribution in [0.3, 0.4) is 0 Å². The summed E-state index contributed by atoms with van der Waals surface area (Å²) in [6.45, 7) is 6.82. The molecule has 5 heterocycles. The van der Waals surface area contributed by atoms with Crippen LogP contribution in [-0.4, -0.2) is 51.3 Å². The van der Waals surface area contributed by atoms with E-state index in [1.54, 1.807) is 0 Å². The minimum absolute atomic E-state index is 0.0779. The number of hydrogen-bond acceptors (Lipinski definition) is 5. The van der Waals surface area contributed by atoms with Crippen LogP contribution in [0, 0.1) is 11.8 Å². The first kappa shape index (κ1) is 17.7. The first-order valence-corrected chi connectivity index (χ1v) is 10.0. The van der Waals surface area contributed by atoms with Crippen LogP contribution < -0.4 is 5.73 Å². The number of hydrogen-bond donors (Lipinski definition) is 1. The van der Waals surface area contributed by atoms with E-state index in [0.29, 0.717) is 35.2 Å². The number of anilines is 1. The van der Waals surface area contributed by atoms with Crippen molar-refractivity contribution in [3.05, 3.63) is 29.8 Å². The molecule has 4 atom stereocenters. The Morgan fingerprint density at radius 2 is 2.07 bits per heavy atom. The van der Waals surface area contributed by atoms with Crippen molar-refractivity contribution in [1.82, 2.24) is 19.4 Å². The molecule has 3 aliphatic heterocycles. The maximum atomic E-state index is 13.3. The molecule has 1 unspecified atom stereocenters. The molecule has 0 amide bonds. The number of alkyl halides is 3. The van der Waals surface area contributed by atoms with Gasteiger partial charge in [-0.15, -0.1) is 0 Å². The van der Waals surface area contributed by atoms with Gasteiger partial charge in [-0.3, -0.25) is 4.90 Å². The van der Waals surface area contributed by atoms with Crippen LogP contribution in [-0.2, 0) is 16.5 Å². The van der Waals surface area contributed by atoms with E-state index < -0.39 is 17.6 Å². The van der Waals surface area contributed by atoms with Crippen LogP contribution in [0.25, 0.3) is 11.3 Å². The summed E-state index contributed by atoms with van der Waals surface area (Å²) in [6, 6.07) is 2.08. The number of rotatable bonds is 4. The zero-order valence-corrected chi connectivity index (χ0v) is 16.1. The smallest absolute Gasteiger partial charge is 0.383 e. The summed E-state index contributed by atoms with van der Waals surface area (Å²) in [7, 11) is 0. The van der Waals surface area contributed by atoms with Gasteiger partial charge in [0.05, 0.1) is 36.1 Å². The molecule has 2 aromatic heterocycles. The highest BCUT2D eigenvalue weighted by Gasteiger charge is 2.94. The predicted octanol–water partition coefficient (Wildman–Crippen LogP) is 2.71. The number of ether oxygens (including phenoxy) is 1. The van der Waals surface area contributed by atoms with Crippen LogP contribution in [0.4, 0.5) is 19.0 Å². The monoisotopic (exact) mass is 405 g/mol. The molecule has 5 aliphatic rings. The molecule has 0 spiro atoms. The van der Waals surface area contributed by atoms with Gasteiger partial charge in [0, 0.05) is 48.3 Å². The van der Waals surface area contributed by atoms with Gasteiger partial charge in [-0.1, -0.05) is 13.8 Å². The minimum atomic E-state index is -4.54. The van der Waals surface area contributed by atoms with E-state index in [2.05, 4.69) is 28.3 Å². The molecule has 6 nitrogen and oxygen atoms in total. The molecule has 0 radical (unpaired) electrons. The van der Waals surface area contributed by atoms with E-state index in [1.165, 1.54) is 6.20 Å². The fourth-order valence-corrected chi connectivity index (χ4v) is 5.66. The standard InChI is InChI=1S/C20H22F3N5O/c1-9(2)18-26-14(10-3-12(20(21,22)23)17(24)25-4-10)6-28(18)19-13-5-27(11-7-29-8-11)16(19)15(13)19/h3-4,6,9,11,13,15-16H,5,7-8H2,1-2H3,(H2,24,25)/t13-,15-,16?,19-/m0/s1. The van der Waals surface area contributed by atoms with Crippen molar-refractivity contribution < 1.29 is 17.9 Å². The molecule has 3 saturated heterocycles. The van der Waals surface area contributed by atoms with Gasteiger partial charge in [0.25, 0.3) is 0 Å². The lowest BCUT2D eigenvalue weighted by molar-refractivity contribution is -0.137. The largest absolute Gasteiger partial charge is 0.419 e. The molecule has 5 fully saturated rings. The third-order valence-corrected chi connectivity index (χ3v) is 7.20. The Bertz CT molecular complexity index is 1010. The second-order valence-electron chi connectivity index (χ2n) is 9.02. The highest BCUT2D eigenvalue weighted by atomic mass is 19.4. The zero-order valence-electron chi connectivity index (χ0n) is 16.1. The summed E-state index contributed by atoms with van der Waals surface area (Å²) in [5, 5.41) is 0. The molecule has 154 valence electrons. The number of piperidine rings is 1. The van der Waals surface area contributed by atoms with Gasteiger partial charge in [0.2, 0.25) is 0 Å². The van der Waals surface area contributed by atoms with Gasteiger partial charge in [-0.2, -0.15) is 13.2 Å². The van der Waals surface area contributed by atoms with Crippen molar-refractivity contribution in [2.24, 2.45) is 11.8 Å². The number of nitrogen functional groups attached to an aromatic ring is 1. The number of halogens is 3. The van der Waals surface area contributed by atoms with Crippen LogP contribution in [0.5, 0.6) is 0 Å². The van der Waals surface area contributed by atoms with Crippen molar-refractivity contribution in [3.63, 3.8) is 0 Å². The Labute approximate surface area is 165 Å². The molecule has 2 bridgehead atoms. The molecule has 0 aromatic carbocycles. The lowest BCUT2D eigenvalue weighted by Gasteiger charge is -2.34. The topological polar surface area (TPSA) is 69.2 Å². The second-order valence-corrected chi connectivity index (χ2v) is 9.02. The normalized spacial score (nSPS) is 33.1. The maximum absolute atomic E-state index is 13.3. The lowest BCUT2D eigenvalue weighted by Crippen LogP contribution is -2.48. The summed E-state index contributed by atoms with van der Waals surface area (Å²) in [5.41, 5.74) is 5.49. The number of imidazole rings is 1. The van der Waals surface area contributed by atoms with Crippen molar-refractivity contribution >= 4 is 5.82 Å². The van der Waals surface area contributed by atoms with Crippen molar-refractivity contribution in [3.8, 4) is 11.3 Å². The van der Waals surface area contributed by atoms with Crippen molar-refractivity contribution in [1.29, 1.82) is 0 Å². The van der Waals surface area contributed by atoms with E-state index in [0.717, 1.165) is 31.6 Å². The fourth-order valence-electron chi connectivity index (χ4n) is 5.66. The SMILES string of the molecule is CC(C)c1nc(-c2cnc(N)c(C(F)(F)F)c2)cn1[C@]12C3[C@@H]1[C@@H]2CN3C1COC1. The number of pyridine rings is 1. The average molecular weight is 405 g/mol. The van der Waals surface area contributed by atoms with Gasteiger partial charge < -0.3 is 15.0 Å². The van der Waals surface area contributed by atoms with E-state index in [9.17, 15) is 13.2 Å². The van der Waals surface area contributed by atoms with Crippen molar-refractivity contribution in [2.75, 3.05) is 25.5 Å². The van der Waals surface area contributed by atoms with Gasteiger partial charge in [0.15, 0.2) is 0 Å². The molecule has 9 heteroatoms. The van der Waals surface area contributed by atoms with Crippen LogP contribution >= 0.6 is 0 Å². The third kappa shape index (κ3) is 2.15. The number of nitrogens with two attached hydrogens (primary N) is 1. The van der Waals surface area contributed by atoms with Crippen LogP contribution in [0.15, 0.2) is 18.5 Å². The quantitative estimate of drug-likeness (QED) is 0.847. The van der Waals surface area contributed by atoms with E-state index >= 15 is 0 Å². The molecule has 2 aliphatic carbocycles. The van der Waals surface area contributed by atoms with Crippen LogP contribution in [0.1, 0.15) is 31.2 Å². The van der Waals surface area contributed by atoms with Crippen molar-refractivity contribution in [2.45, 2.75) is 43.6 Å². The highest BCUT2D eigenvalue weighted by Crippen LogP contribution is 2.84. The van der Waals surface area contributed by atoms with Gasteiger partial charge in [0.1, 0.15) is 11.6 Å². The van der Waals surface area contributed by atoms with Gasteiger partial charge >= 0.3 is 6.18 Å². The molecule has 29 heavy (non-hydrogen) atoms. The maximum Gasteiger partial charge on any atom is 0.419 e. The third-order valence-electron chi connectivity index (χ3n) is 7.20. The summed E-state index contributed by atoms with van der Waals surface area (Å²) in [6.07, 6.45) is -1.24. The van der Waals surface area contributed by atoms with Gasteiger partial charge in [-0.25, -0.2) is 9.97 Å². The Kier molecular flexibility index (Phi) is 3.24. The summed E-state index contributed by atoms with van der Waals surface area (Å²) in [5.74, 6) is 1.83. The fraction of sp³-hybridized carbons (Fsp3) is 0.600. The zero-order chi connectivity index (χ0) is 20.3. The molecule has 2 aromatic rings. The molecular weight excluding hydrogens is 383 g/mol. The summed E-state index contributed by atoms with van der Waals surface area (Å²) in [4.78, 5) is 11.1. The van der Waals surface area contributed by atoms with E-state index in [1.807, 2.05) is 6.20 Å². The number of aromatic nitrogens is 3. The Hall–Kier alpha value is -2.13. The Morgan fingerprint density at radius 3 is 2.66 bits per heavy atom. The first-order chi connectivity index (χ1) is 13.7. The van der Waals surface area contributed by atoms with Gasteiger partial charge in [-0.05, 0) is 6.07 Å².